The number of benzene rings is 2. The number of hydrazone groups is 1. The molecule has 0 spiro atoms. The fraction of sp³-hybridized carbons (Fsp3) is 0.182. The topological polar surface area (TPSA) is 104 Å². The molecule has 1 amide bonds. The molecule has 0 fully saturated rings. The maximum Gasteiger partial charge on any atom is 0.253 e. The van der Waals surface area contributed by atoms with Crippen LogP contribution < -0.4 is 10.7 Å². The van der Waals surface area contributed by atoms with Crippen molar-refractivity contribution in [2.45, 2.75) is 30.4 Å². The first-order valence-electron chi connectivity index (χ1n) is 9.78. The van der Waals surface area contributed by atoms with Gasteiger partial charge in [0.15, 0.2) is 11.0 Å². The number of thioether (sulfide) groups is 1. The van der Waals surface area contributed by atoms with Crippen LogP contribution in [0.3, 0.4) is 0 Å². The monoisotopic (exact) mass is 514 g/mol. The zero-order valence-corrected chi connectivity index (χ0v) is 19.8. The van der Waals surface area contributed by atoms with Crippen molar-refractivity contribution >= 4 is 45.5 Å². The molecule has 3 aromatic rings. The van der Waals surface area contributed by atoms with Gasteiger partial charge in [0.1, 0.15) is 5.75 Å². The number of aromatic hydroxyl groups is 1. The van der Waals surface area contributed by atoms with Crippen molar-refractivity contribution in [1.29, 1.82) is 0 Å². The molecular weight excluding hydrogens is 492 g/mol. The number of amides is 1. The number of aromatic nitrogens is 3. The van der Waals surface area contributed by atoms with E-state index in [-0.39, 0.29) is 11.7 Å². The highest BCUT2D eigenvalue weighted by Gasteiger charge is 2.19. The van der Waals surface area contributed by atoms with Crippen LogP contribution >= 0.6 is 27.7 Å². The molecule has 0 bridgehead atoms. The molecule has 3 rings (SSSR count). The normalized spacial score (nSPS) is 11.9. The predicted molar refractivity (Wildman–Crippen MR) is 131 cm³/mol. The smallest absolute Gasteiger partial charge is 0.253 e. The lowest BCUT2D eigenvalue weighted by atomic mass is 10.2. The maximum absolute atomic E-state index is 12.5. The van der Waals surface area contributed by atoms with Crippen LogP contribution in [-0.4, -0.2) is 37.2 Å². The summed E-state index contributed by atoms with van der Waals surface area (Å²) in [7, 11) is 0. The van der Waals surface area contributed by atoms with E-state index in [1.54, 1.807) is 31.2 Å². The summed E-state index contributed by atoms with van der Waals surface area (Å²) in [6, 6.07) is 14.8. The van der Waals surface area contributed by atoms with Crippen LogP contribution in [0.5, 0.6) is 5.75 Å². The summed E-state index contributed by atoms with van der Waals surface area (Å²) in [5.74, 6) is 0.521. The Hall–Kier alpha value is -3.11. The number of phenols is 1. The molecule has 0 aliphatic carbocycles. The first-order chi connectivity index (χ1) is 15.5. The van der Waals surface area contributed by atoms with E-state index in [9.17, 15) is 9.90 Å². The first kappa shape index (κ1) is 23.6. The number of hydrogen-bond acceptors (Lipinski definition) is 7. The summed E-state index contributed by atoms with van der Waals surface area (Å²) in [4.78, 5) is 12.5. The molecule has 0 saturated heterocycles. The number of para-hydroxylation sites is 1. The third kappa shape index (κ3) is 6.44. The van der Waals surface area contributed by atoms with Gasteiger partial charge in [0.05, 0.1) is 18.0 Å². The number of allylic oxidation sites excluding steroid dienone is 1. The van der Waals surface area contributed by atoms with Crippen molar-refractivity contribution in [1.82, 2.24) is 20.2 Å². The summed E-state index contributed by atoms with van der Waals surface area (Å²) in [6.07, 6.45) is 3.15. The number of halogens is 1. The zero-order chi connectivity index (χ0) is 22.9. The molecule has 0 unspecified atom stereocenters. The predicted octanol–water partition coefficient (Wildman–Crippen LogP) is 4.18. The van der Waals surface area contributed by atoms with Crippen molar-refractivity contribution in [3.8, 4) is 5.75 Å². The number of carbonyl (C=O) groups is 1. The van der Waals surface area contributed by atoms with Gasteiger partial charge in [-0.15, -0.1) is 16.8 Å². The van der Waals surface area contributed by atoms with Gasteiger partial charge in [0.25, 0.3) is 5.91 Å². The second kappa shape index (κ2) is 11.5. The summed E-state index contributed by atoms with van der Waals surface area (Å²) < 4.78 is 2.71. The zero-order valence-electron chi connectivity index (χ0n) is 17.4. The molecule has 10 heteroatoms. The quantitative estimate of drug-likeness (QED) is 0.162. The second-order valence-electron chi connectivity index (χ2n) is 6.72. The number of anilines is 1. The van der Waals surface area contributed by atoms with E-state index < -0.39 is 5.25 Å². The van der Waals surface area contributed by atoms with Crippen molar-refractivity contribution in [3.05, 3.63) is 77.0 Å². The Bertz CT molecular complexity index is 1100. The molecule has 0 aliphatic rings. The molecule has 3 N–H and O–H groups in total. The third-order valence-corrected chi connectivity index (χ3v) is 5.92. The highest BCUT2D eigenvalue weighted by atomic mass is 79.9. The van der Waals surface area contributed by atoms with Crippen molar-refractivity contribution in [2.75, 3.05) is 5.32 Å². The van der Waals surface area contributed by atoms with Crippen LogP contribution in [0.4, 0.5) is 5.69 Å². The van der Waals surface area contributed by atoms with Crippen molar-refractivity contribution < 1.29 is 9.90 Å². The Morgan fingerprint density at radius 3 is 2.84 bits per heavy atom. The number of rotatable bonds is 10. The Labute approximate surface area is 199 Å². The Balaban J connectivity index is 1.61. The highest BCUT2D eigenvalue weighted by Crippen LogP contribution is 2.23. The lowest BCUT2D eigenvalue weighted by Crippen LogP contribution is -2.27. The summed E-state index contributed by atoms with van der Waals surface area (Å²) in [6.45, 7) is 6.59. The second-order valence-corrected chi connectivity index (χ2v) is 8.94. The molecule has 166 valence electrons. The average Bonchev–Trinajstić information content (AvgIpc) is 3.16. The largest absolute Gasteiger partial charge is 0.507 e. The standard InChI is InChI=1S/C22H23BrN6O2S/c1-3-11-29-20(14-24-18-7-5-4-6-8-18)26-28-22(29)32-15(2)21(31)27-25-13-16-12-17(23)9-10-19(16)30/h3-10,12-13,15,24,30H,1,11,14H2,2H3,(H,27,31)/b25-13-/t15-/m0/s1. The third-order valence-electron chi connectivity index (χ3n) is 4.35. The van der Waals surface area contributed by atoms with Gasteiger partial charge < -0.3 is 15.0 Å². The maximum atomic E-state index is 12.5. The molecule has 1 aromatic heterocycles. The highest BCUT2D eigenvalue weighted by molar-refractivity contribution is 9.10. The van der Waals surface area contributed by atoms with Gasteiger partial charge in [-0.05, 0) is 37.3 Å². The van der Waals surface area contributed by atoms with Gasteiger partial charge >= 0.3 is 0 Å². The fourth-order valence-corrected chi connectivity index (χ4v) is 3.93. The number of carbonyl (C=O) groups excluding carboxylic acids is 1. The van der Waals surface area contributed by atoms with Gasteiger partial charge in [-0.2, -0.15) is 5.10 Å². The van der Waals surface area contributed by atoms with Gasteiger partial charge in [0.2, 0.25) is 0 Å². The van der Waals surface area contributed by atoms with Crippen LogP contribution in [0.2, 0.25) is 0 Å². The van der Waals surface area contributed by atoms with E-state index in [0.29, 0.717) is 23.8 Å². The molecule has 1 atom stereocenters. The minimum Gasteiger partial charge on any atom is -0.507 e. The Morgan fingerprint density at radius 2 is 2.09 bits per heavy atom. The van der Waals surface area contributed by atoms with Crippen LogP contribution in [0.1, 0.15) is 18.3 Å². The number of hydrogen-bond donors (Lipinski definition) is 3. The Morgan fingerprint density at radius 1 is 1.31 bits per heavy atom. The van der Waals surface area contributed by atoms with Gasteiger partial charge in [-0.1, -0.05) is 52.0 Å². The lowest BCUT2D eigenvalue weighted by molar-refractivity contribution is -0.120. The molecule has 1 heterocycles. The van der Waals surface area contributed by atoms with Gasteiger partial charge in [-0.25, -0.2) is 5.43 Å². The Kier molecular flexibility index (Phi) is 8.46. The fourth-order valence-electron chi connectivity index (χ4n) is 2.68. The summed E-state index contributed by atoms with van der Waals surface area (Å²) in [5, 5.41) is 25.8. The van der Waals surface area contributed by atoms with Crippen molar-refractivity contribution in [2.24, 2.45) is 5.10 Å². The number of phenolic OH excluding ortho intramolecular Hbond substituents is 1. The summed E-state index contributed by atoms with van der Waals surface area (Å²) >= 11 is 4.62. The molecule has 8 nitrogen and oxygen atoms in total. The molecule has 0 radical (unpaired) electrons. The lowest BCUT2D eigenvalue weighted by Gasteiger charge is -2.12. The van der Waals surface area contributed by atoms with Crippen LogP contribution in [0.25, 0.3) is 0 Å². The van der Waals surface area contributed by atoms with E-state index in [1.165, 1.54) is 18.0 Å². The van der Waals surface area contributed by atoms with Crippen LogP contribution in [0, 0.1) is 0 Å². The molecule has 32 heavy (non-hydrogen) atoms. The van der Waals surface area contributed by atoms with E-state index in [4.69, 9.17) is 0 Å². The molecule has 2 aromatic carbocycles. The molecular formula is C22H23BrN6O2S. The molecule has 0 saturated carbocycles. The molecule has 0 aliphatic heterocycles. The van der Waals surface area contributed by atoms with Crippen LogP contribution in [0.15, 0.2) is 75.9 Å². The minimum atomic E-state index is -0.467. The SMILES string of the molecule is C=CCn1c(CNc2ccccc2)nnc1S[C@@H](C)C(=O)N/N=C\c1cc(Br)ccc1O. The van der Waals surface area contributed by atoms with Crippen molar-refractivity contribution in [3.63, 3.8) is 0 Å². The number of nitrogens with zero attached hydrogens (tertiary/aromatic N) is 4. The summed E-state index contributed by atoms with van der Waals surface area (Å²) in [5.41, 5.74) is 3.97. The first-order valence-corrected chi connectivity index (χ1v) is 11.4. The number of nitrogens with one attached hydrogen (secondary N) is 2. The van der Waals surface area contributed by atoms with E-state index in [1.807, 2.05) is 34.9 Å². The van der Waals surface area contributed by atoms with E-state index in [2.05, 4.69) is 48.6 Å². The van der Waals surface area contributed by atoms with Crippen LogP contribution in [-0.2, 0) is 17.9 Å². The minimum absolute atomic E-state index is 0.0720. The van der Waals surface area contributed by atoms with E-state index in [0.717, 1.165) is 16.0 Å². The van der Waals surface area contributed by atoms with Gasteiger partial charge in [-0.3, -0.25) is 4.79 Å². The van der Waals surface area contributed by atoms with Gasteiger partial charge in [0, 0.05) is 22.3 Å². The van der Waals surface area contributed by atoms with E-state index >= 15 is 0 Å². The average molecular weight is 515 g/mol.